The largest absolute Gasteiger partial charge is 0.343 e. The summed E-state index contributed by atoms with van der Waals surface area (Å²) in [6.45, 7) is 1.99. The molecule has 1 aromatic carbocycles. The van der Waals surface area contributed by atoms with E-state index in [1.54, 1.807) is 11.8 Å². The second-order valence-corrected chi connectivity index (χ2v) is 3.81. The van der Waals surface area contributed by atoms with Gasteiger partial charge in [-0.25, -0.2) is 0 Å². The minimum absolute atomic E-state index is 0.0486. The zero-order valence-electron chi connectivity index (χ0n) is 6.76. The summed E-state index contributed by atoms with van der Waals surface area (Å²) in [5, 5.41) is 2.79. The summed E-state index contributed by atoms with van der Waals surface area (Å²) in [5.74, 6) is 0.738. The topological polar surface area (TPSA) is 29.1 Å². The number of aryl methyl sites for hydroxylation is 1. The van der Waals surface area contributed by atoms with Gasteiger partial charge in [0.15, 0.2) is 0 Å². The number of benzene rings is 1. The van der Waals surface area contributed by atoms with E-state index in [0.29, 0.717) is 5.88 Å². The molecule has 0 fully saturated rings. The zero-order valence-corrected chi connectivity index (χ0v) is 7.57. The van der Waals surface area contributed by atoms with E-state index in [0.717, 1.165) is 16.0 Å². The number of carbonyl (C=O) groups excluding carboxylic acids is 1. The molecule has 0 saturated carbocycles. The molecule has 1 heterocycles. The first-order chi connectivity index (χ1) is 5.77. The molecule has 2 nitrogen and oxygen atoms in total. The first kappa shape index (κ1) is 7.68. The third-order valence-corrected chi connectivity index (χ3v) is 2.80. The van der Waals surface area contributed by atoms with Crippen LogP contribution in [0, 0.1) is 6.92 Å². The number of hydrogen-bond donors (Lipinski definition) is 1. The Labute approximate surface area is 75.4 Å². The van der Waals surface area contributed by atoms with Crippen molar-refractivity contribution >= 4 is 17.7 Å². The fraction of sp³-hybridized carbons (Fsp3) is 0.222. The normalized spacial score (nSPS) is 15.2. The molecule has 62 valence electrons. The lowest BCUT2D eigenvalue weighted by molar-refractivity contribution is 0.0955. The number of fused-ring (bicyclic) bond motifs is 1. The van der Waals surface area contributed by atoms with Crippen molar-refractivity contribution in [3.63, 3.8) is 0 Å². The summed E-state index contributed by atoms with van der Waals surface area (Å²) in [6.07, 6.45) is 0. The van der Waals surface area contributed by atoms with Crippen molar-refractivity contribution in [3.05, 3.63) is 29.3 Å². The molecule has 0 saturated heterocycles. The van der Waals surface area contributed by atoms with Gasteiger partial charge in [-0.05, 0) is 19.1 Å². The molecule has 0 atom stereocenters. The van der Waals surface area contributed by atoms with Gasteiger partial charge in [0.1, 0.15) is 0 Å². The van der Waals surface area contributed by atoms with Gasteiger partial charge in [0, 0.05) is 4.90 Å². The van der Waals surface area contributed by atoms with E-state index in [2.05, 4.69) is 5.32 Å². The minimum Gasteiger partial charge on any atom is -0.343 e. The van der Waals surface area contributed by atoms with E-state index in [4.69, 9.17) is 0 Å². The van der Waals surface area contributed by atoms with Crippen LogP contribution in [0.3, 0.4) is 0 Å². The third kappa shape index (κ3) is 1.20. The second-order valence-electron chi connectivity index (χ2n) is 2.79. The zero-order chi connectivity index (χ0) is 8.55. The highest BCUT2D eigenvalue weighted by atomic mass is 32.2. The molecule has 0 spiro atoms. The van der Waals surface area contributed by atoms with Gasteiger partial charge in [0.05, 0.1) is 11.4 Å². The van der Waals surface area contributed by atoms with Crippen LogP contribution in [-0.4, -0.2) is 11.8 Å². The Kier molecular flexibility index (Phi) is 1.81. The summed E-state index contributed by atoms with van der Waals surface area (Å²) in [6, 6.07) is 5.97. The summed E-state index contributed by atoms with van der Waals surface area (Å²) >= 11 is 1.67. The lowest BCUT2D eigenvalue weighted by Gasteiger charge is -2.15. The van der Waals surface area contributed by atoms with Gasteiger partial charge in [-0.3, -0.25) is 4.79 Å². The van der Waals surface area contributed by atoms with Crippen molar-refractivity contribution in [3.8, 4) is 0 Å². The number of hydrogen-bond acceptors (Lipinski definition) is 2. The number of thioether (sulfide) groups is 1. The van der Waals surface area contributed by atoms with Crippen LogP contribution >= 0.6 is 11.8 Å². The molecular weight excluding hydrogens is 170 g/mol. The second kappa shape index (κ2) is 2.83. The molecule has 0 aliphatic carbocycles. The summed E-state index contributed by atoms with van der Waals surface area (Å²) in [5.41, 5.74) is 1.94. The Morgan fingerprint density at radius 3 is 3.17 bits per heavy atom. The molecule has 0 radical (unpaired) electrons. The average molecular weight is 179 g/mol. The fourth-order valence-corrected chi connectivity index (χ4v) is 2.05. The van der Waals surface area contributed by atoms with E-state index in [9.17, 15) is 4.79 Å². The fourth-order valence-electron chi connectivity index (χ4n) is 1.22. The van der Waals surface area contributed by atoms with Crippen LogP contribution in [0.25, 0.3) is 0 Å². The Hall–Kier alpha value is -0.960. The summed E-state index contributed by atoms with van der Waals surface area (Å²) in [7, 11) is 0. The molecule has 2 rings (SSSR count). The molecule has 3 heteroatoms. The minimum atomic E-state index is 0.0486. The first-order valence-corrected chi connectivity index (χ1v) is 4.77. The van der Waals surface area contributed by atoms with Gasteiger partial charge in [-0.2, -0.15) is 0 Å². The molecule has 1 amide bonds. The van der Waals surface area contributed by atoms with Crippen LogP contribution in [0.5, 0.6) is 0 Å². The van der Waals surface area contributed by atoms with Gasteiger partial charge >= 0.3 is 0 Å². The predicted molar refractivity (Wildman–Crippen MR) is 49.4 cm³/mol. The van der Waals surface area contributed by atoms with Gasteiger partial charge in [-0.15, -0.1) is 11.8 Å². The maximum Gasteiger partial charge on any atom is 0.253 e. The van der Waals surface area contributed by atoms with Crippen molar-refractivity contribution in [1.29, 1.82) is 0 Å². The first-order valence-electron chi connectivity index (χ1n) is 3.79. The van der Waals surface area contributed by atoms with E-state index in [1.165, 1.54) is 0 Å². The Balaban J connectivity index is 2.54. The number of amides is 1. The molecule has 1 N–H and O–H groups in total. The third-order valence-electron chi connectivity index (χ3n) is 1.84. The average Bonchev–Trinajstić information content (AvgIpc) is 2.07. The van der Waals surface area contributed by atoms with Crippen LogP contribution in [0.2, 0.25) is 0 Å². The lowest BCUT2D eigenvalue weighted by Crippen LogP contribution is -2.27. The maximum atomic E-state index is 11.3. The highest BCUT2D eigenvalue weighted by Crippen LogP contribution is 2.26. The molecule has 1 aliphatic heterocycles. The van der Waals surface area contributed by atoms with Crippen LogP contribution in [0.15, 0.2) is 23.1 Å². The quantitative estimate of drug-likeness (QED) is 0.658. The van der Waals surface area contributed by atoms with Gasteiger partial charge in [0.25, 0.3) is 5.91 Å². The lowest BCUT2D eigenvalue weighted by atomic mass is 10.1. The highest BCUT2D eigenvalue weighted by molar-refractivity contribution is 7.99. The van der Waals surface area contributed by atoms with E-state index in [1.807, 2.05) is 25.1 Å². The monoisotopic (exact) mass is 179 g/mol. The van der Waals surface area contributed by atoms with Crippen LogP contribution in [0.1, 0.15) is 15.9 Å². The van der Waals surface area contributed by atoms with Gasteiger partial charge in [-0.1, -0.05) is 11.6 Å². The molecule has 0 unspecified atom stereocenters. The molecular formula is C9H9NOS. The van der Waals surface area contributed by atoms with Crippen LogP contribution < -0.4 is 5.32 Å². The standard InChI is InChI=1S/C9H9NOS/c1-6-2-3-8-7(4-6)9(11)10-5-12-8/h2-4H,5H2,1H3,(H,10,11). The van der Waals surface area contributed by atoms with Crippen molar-refractivity contribution in [2.45, 2.75) is 11.8 Å². The van der Waals surface area contributed by atoms with Crippen molar-refractivity contribution in [2.75, 3.05) is 5.88 Å². The summed E-state index contributed by atoms with van der Waals surface area (Å²) < 4.78 is 0. The molecule has 1 aliphatic rings. The SMILES string of the molecule is Cc1ccc2c(c1)C(=O)NCS2. The number of rotatable bonds is 0. The molecule has 12 heavy (non-hydrogen) atoms. The van der Waals surface area contributed by atoms with Gasteiger partial charge < -0.3 is 5.32 Å². The summed E-state index contributed by atoms with van der Waals surface area (Å²) in [4.78, 5) is 12.4. The molecule has 1 aromatic rings. The van der Waals surface area contributed by atoms with Crippen LogP contribution in [-0.2, 0) is 0 Å². The highest BCUT2D eigenvalue weighted by Gasteiger charge is 2.15. The van der Waals surface area contributed by atoms with Crippen LogP contribution in [0.4, 0.5) is 0 Å². The van der Waals surface area contributed by atoms with Crippen molar-refractivity contribution in [1.82, 2.24) is 5.32 Å². The number of carbonyl (C=O) groups is 1. The maximum absolute atomic E-state index is 11.3. The van der Waals surface area contributed by atoms with E-state index >= 15 is 0 Å². The molecule has 0 aromatic heterocycles. The smallest absolute Gasteiger partial charge is 0.253 e. The predicted octanol–water partition coefficient (Wildman–Crippen LogP) is 1.79. The number of nitrogens with one attached hydrogen (secondary N) is 1. The Bertz CT molecular complexity index is 335. The Morgan fingerprint density at radius 1 is 1.50 bits per heavy atom. The molecule has 0 bridgehead atoms. The van der Waals surface area contributed by atoms with Crippen molar-refractivity contribution in [2.24, 2.45) is 0 Å². The van der Waals surface area contributed by atoms with Crippen molar-refractivity contribution < 1.29 is 4.79 Å². The van der Waals surface area contributed by atoms with E-state index < -0.39 is 0 Å². The van der Waals surface area contributed by atoms with E-state index in [-0.39, 0.29) is 5.91 Å². The van der Waals surface area contributed by atoms with Gasteiger partial charge in [0.2, 0.25) is 0 Å². The Morgan fingerprint density at radius 2 is 2.33 bits per heavy atom.